The van der Waals surface area contributed by atoms with Gasteiger partial charge in [-0.25, -0.2) is 10.0 Å². The average molecular weight is 565 g/mol. The minimum Gasteiger partial charge on any atom is -0.497 e. The molecule has 0 aliphatic carbocycles. The minimum atomic E-state index is -0.434. The summed E-state index contributed by atoms with van der Waals surface area (Å²) in [6, 6.07) is 27.3. The number of halogens is 1. The van der Waals surface area contributed by atoms with Gasteiger partial charge in [0.05, 0.1) is 29.8 Å². The quantitative estimate of drug-likeness (QED) is 0.310. The smallest absolute Gasteiger partial charge is 0.279 e. The first-order chi connectivity index (χ1) is 19.5. The third kappa shape index (κ3) is 4.13. The molecule has 5 aromatic rings. The molecule has 1 N–H and O–H groups in total. The monoisotopic (exact) mass is 564 g/mol. The van der Waals surface area contributed by atoms with Crippen LogP contribution in [0.1, 0.15) is 28.5 Å². The second-order valence-corrected chi connectivity index (χ2v) is 11.0. The Kier molecular flexibility index (Phi) is 5.87. The minimum absolute atomic E-state index is 0.179. The van der Waals surface area contributed by atoms with Crippen LogP contribution in [0.5, 0.6) is 11.6 Å². The molecule has 3 heterocycles. The molecule has 9 heteroatoms. The SMILES string of the molecule is COc1ccc(C2CC(c3ccc4ccccc4c3)=NN2c2nc(O)c(C3=c4cc(Cl)ccc4=NC3=O)s2)cc1. The number of carbonyl (C=O) groups excluding carboxylic acids is 1. The molecule has 2 aliphatic rings. The van der Waals surface area contributed by atoms with Gasteiger partial charge in [0.1, 0.15) is 10.6 Å². The Morgan fingerprint density at radius 2 is 1.80 bits per heavy atom. The number of aromatic nitrogens is 1. The van der Waals surface area contributed by atoms with Crippen LogP contribution in [0.15, 0.2) is 95.0 Å². The van der Waals surface area contributed by atoms with Crippen molar-refractivity contribution in [2.75, 3.05) is 12.1 Å². The number of aromatic hydroxyl groups is 1. The van der Waals surface area contributed by atoms with Crippen LogP contribution in [0.25, 0.3) is 16.3 Å². The maximum atomic E-state index is 12.9. The number of ether oxygens (including phenoxy) is 1. The van der Waals surface area contributed by atoms with Crippen LogP contribution >= 0.6 is 22.9 Å². The molecule has 0 saturated carbocycles. The molecule has 7 nitrogen and oxygen atoms in total. The molecule has 1 unspecified atom stereocenters. The van der Waals surface area contributed by atoms with Gasteiger partial charge >= 0.3 is 0 Å². The molecule has 0 bridgehead atoms. The number of hydrogen-bond acceptors (Lipinski definition) is 7. The van der Waals surface area contributed by atoms with Gasteiger partial charge in [0.15, 0.2) is 0 Å². The summed E-state index contributed by atoms with van der Waals surface area (Å²) in [6.45, 7) is 0. The number of thiazole rings is 1. The zero-order valence-corrected chi connectivity index (χ0v) is 22.8. The van der Waals surface area contributed by atoms with Crippen molar-refractivity contribution in [2.24, 2.45) is 10.1 Å². The summed E-state index contributed by atoms with van der Waals surface area (Å²) >= 11 is 7.42. The second-order valence-electron chi connectivity index (χ2n) is 9.55. The highest BCUT2D eigenvalue weighted by molar-refractivity contribution is 7.17. The van der Waals surface area contributed by atoms with Gasteiger partial charge < -0.3 is 9.84 Å². The Hall–Kier alpha value is -4.53. The number of benzene rings is 4. The van der Waals surface area contributed by atoms with Crippen molar-refractivity contribution >= 4 is 56.0 Å². The maximum absolute atomic E-state index is 12.9. The topological polar surface area (TPSA) is 87.4 Å². The summed E-state index contributed by atoms with van der Waals surface area (Å²) in [4.78, 5) is 21.8. The van der Waals surface area contributed by atoms with Crippen LogP contribution in [0.2, 0.25) is 5.02 Å². The summed E-state index contributed by atoms with van der Waals surface area (Å²) in [5.74, 6) is 0.0841. The Morgan fingerprint density at radius 3 is 2.60 bits per heavy atom. The molecule has 0 radical (unpaired) electrons. The fourth-order valence-electron chi connectivity index (χ4n) is 5.18. The van der Waals surface area contributed by atoms with E-state index in [9.17, 15) is 9.90 Å². The number of rotatable bonds is 5. The maximum Gasteiger partial charge on any atom is 0.279 e. The molecule has 7 rings (SSSR count). The van der Waals surface area contributed by atoms with Crippen LogP contribution in [-0.4, -0.2) is 28.8 Å². The summed E-state index contributed by atoms with van der Waals surface area (Å²) in [6.07, 6.45) is 0.629. The molecule has 4 aromatic carbocycles. The van der Waals surface area contributed by atoms with E-state index in [-0.39, 0.29) is 17.5 Å². The Labute approximate surface area is 238 Å². The van der Waals surface area contributed by atoms with Crippen molar-refractivity contribution < 1.29 is 14.6 Å². The molecule has 196 valence electrons. The van der Waals surface area contributed by atoms with E-state index in [0.29, 0.717) is 32.0 Å². The fourth-order valence-corrected chi connectivity index (χ4v) is 6.37. The summed E-state index contributed by atoms with van der Waals surface area (Å²) in [5, 5.41) is 22.1. The second kappa shape index (κ2) is 9.59. The van der Waals surface area contributed by atoms with Crippen molar-refractivity contribution in [2.45, 2.75) is 12.5 Å². The molecular formula is C31H21ClN4O3S. The molecule has 2 aliphatic heterocycles. The van der Waals surface area contributed by atoms with E-state index in [1.54, 1.807) is 25.3 Å². The van der Waals surface area contributed by atoms with Crippen molar-refractivity contribution in [3.63, 3.8) is 0 Å². The lowest BCUT2D eigenvalue weighted by atomic mass is 9.97. The van der Waals surface area contributed by atoms with Crippen molar-refractivity contribution in [3.05, 3.63) is 117 Å². The van der Waals surface area contributed by atoms with Crippen molar-refractivity contribution in [3.8, 4) is 11.6 Å². The zero-order valence-electron chi connectivity index (χ0n) is 21.2. The van der Waals surface area contributed by atoms with Gasteiger partial charge in [0.25, 0.3) is 5.91 Å². The van der Waals surface area contributed by atoms with Gasteiger partial charge in [0.2, 0.25) is 11.0 Å². The first-order valence-electron chi connectivity index (χ1n) is 12.6. The van der Waals surface area contributed by atoms with E-state index in [4.69, 9.17) is 21.4 Å². The first-order valence-corrected chi connectivity index (χ1v) is 13.8. The van der Waals surface area contributed by atoms with Crippen LogP contribution in [0, 0.1) is 0 Å². The number of fused-ring (bicyclic) bond motifs is 2. The fraction of sp³-hybridized carbons (Fsp3) is 0.0968. The number of carbonyl (C=O) groups is 1. The number of nitrogens with zero attached hydrogens (tertiary/aromatic N) is 4. The summed E-state index contributed by atoms with van der Waals surface area (Å²) in [7, 11) is 1.64. The van der Waals surface area contributed by atoms with E-state index in [2.05, 4.69) is 40.3 Å². The van der Waals surface area contributed by atoms with E-state index >= 15 is 0 Å². The molecule has 0 saturated heterocycles. The molecule has 1 atom stereocenters. The van der Waals surface area contributed by atoms with Gasteiger partial charge in [-0.1, -0.05) is 71.5 Å². The largest absolute Gasteiger partial charge is 0.497 e. The molecule has 0 spiro atoms. The Bertz CT molecular complexity index is 1980. The molecule has 0 fully saturated rings. The lowest BCUT2D eigenvalue weighted by Gasteiger charge is -2.21. The van der Waals surface area contributed by atoms with E-state index in [0.717, 1.165) is 33.4 Å². The van der Waals surface area contributed by atoms with E-state index in [1.165, 1.54) is 11.3 Å². The van der Waals surface area contributed by atoms with Gasteiger partial charge in [-0.05, 0) is 58.3 Å². The number of hydrazone groups is 1. The molecule has 40 heavy (non-hydrogen) atoms. The van der Waals surface area contributed by atoms with Crippen molar-refractivity contribution in [1.29, 1.82) is 0 Å². The Balaban J connectivity index is 1.34. The molecule has 1 aromatic heterocycles. The van der Waals surface area contributed by atoms with Crippen molar-refractivity contribution in [1.82, 2.24) is 4.98 Å². The van der Waals surface area contributed by atoms with Gasteiger partial charge in [-0.3, -0.25) is 4.79 Å². The van der Waals surface area contributed by atoms with Gasteiger partial charge in [-0.2, -0.15) is 10.1 Å². The predicted molar refractivity (Wildman–Crippen MR) is 157 cm³/mol. The van der Waals surface area contributed by atoms with Crippen LogP contribution in [0.3, 0.4) is 0 Å². The number of amides is 1. The lowest BCUT2D eigenvalue weighted by molar-refractivity contribution is -0.112. The molecule has 1 amide bonds. The number of hydrogen-bond donors (Lipinski definition) is 1. The highest BCUT2D eigenvalue weighted by Crippen LogP contribution is 2.43. The number of methoxy groups -OCH3 is 1. The van der Waals surface area contributed by atoms with Crippen LogP contribution < -0.4 is 20.3 Å². The van der Waals surface area contributed by atoms with Crippen LogP contribution in [-0.2, 0) is 4.79 Å². The van der Waals surface area contributed by atoms with Gasteiger partial charge in [0, 0.05) is 16.7 Å². The molecular weight excluding hydrogens is 544 g/mol. The van der Waals surface area contributed by atoms with Crippen LogP contribution in [0.4, 0.5) is 5.13 Å². The summed E-state index contributed by atoms with van der Waals surface area (Å²) < 4.78 is 5.36. The third-order valence-electron chi connectivity index (χ3n) is 7.18. The normalized spacial score (nSPS) is 16.3. The van der Waals surface area contributed by atoms with Gasteiger partial charge in [-0.15, -0.1) is 0 Å². The summed E-state index contributed by atoms with van der Waals surface area (Å²) in [5.41, 5.74) is 3.23. The highest BCUT2D eigenvalue weighted by Gasteiger charge is 2.34. The van der Waals surface area contributed by atoms with E-state index in [1.807, 2.05) is 41.4 Å². The predicted octanol–water partition coefficient (Wildman–Crippen LogP) is 5.38. The Morgan fingerprint density at radius 1 is 1.00 bits per heavy atom. The first kappa shape index (κ1) is 24.5. The number of anilines is 1. The van der Waals surface area contributed by atoms with E-state index < -0.39 is 5.91 Å². The third-order valence-corrected chi connectivity index (χ3v) is 8.47. The zero-order chi connectivity index (χ0) is 27.4. The highest BCUT2D eigenvalue weighted by atomic mass is 35.5. The standard InChI is InChI=1S/C31H21ClN4O3S/c1-39-22-11-8-18(9-12-22)26-16-25(20-7-6-17-4-2-3-5-19(17)14-20)35-36(26)31-34-30(38)28(40-31)27-23-15-21(32)10-13-24(23)33-29(27)37/h2-15,26,38H,16H2,1H3. The lowest BCUT2D eigenvalue weighted by Crippen LogP contribution is -2.22. The average Bonchev–Trinajstić information content (AvgIpc) is 3.67.